The Morgan fingerprint density at radius 3 is 3.00 bits per heavy atom. The van der Waals surface area contributed by atoms with Crippen molar-refractivity contribution < 1.29 is 4.92 Å². The summed E-state index contributed by atoms with van der Waals surface area (Å²) in [6.45, 7) is 0.551. The molecule has 0 saturated carbocycles. The highest BCUT2D eigenvalue weighted by atomic mass is 16.6. The zero-order valence-corrected chi connectivity index (χ0v) is 9.37. The van der Waals surface area contributed by atoms with Crippen LogP contribution in [0.1, 0.15) is 18.3 Å². The summed E-state index contributed by atoms with van der Waals surface area (Å²) in [4.78, 5) is 26.6. The third-order valence-electron chi connectivity index (χ3n) is 3.17. The van der Waals surface area contributed by atoms with Crippen molar-refractivity contribution in [2.45, 2.75) is 19.0 Å². The number of aromatic nitrogens is 2. The maximum atomic E-state index is 12.1. The monoisotopic (exact) mass is 246 g/mol. The first kappa shape index (κ1) is 10.8. The Bertz CT molecular complexity index is 722. The molecule has 3 rings (SSSR count). The van der Waals surface area contributed by atoms with Gasteiger partial charge >= 0.3 is 0 Å². The van der Waals surface area contributed by atoms with Gasteiger partial charge in [0, 0.05) is 18.7 Å². The Balaban J connectivity index is 2.35. The third-order valence-corrected chi connectivity index (χ3v) is 3.17. The van der Waals surface area contributed by atoms with Crippen LogP contribution in [-0.2, 0) is 6.54 Å². The number of hydrogen-bond acceptors (Lipinski definition) is 5. The summed E-state index contributed by atoms with van der Waals surface area (Å²) >= 11 is 0. The standard InChI is InChI=1S/C11H10N4O3/c12-8-3-4-14-10(8)13-9-5-6(15(17)18)1-2-7(9)11(14)16/h1-2,5,8H,3-4,12H2/t8-/m1/s1. The Kier molecular flexibility index (Phi) is 2.17. The minimum absolute atomic E-state index is 0.0779. The van der Waals surface area contributed by atoms with Gasteiger partial charge in [0.05, 0.1) is 21.9 Å². The van der Waals surface area contributed by atoms with Crippen LogP contribution in [0, 0.1) is 10.1 Å². The maximum absolute atomic E-state index is 12.1. The molecule has 0 fully saturated rings. The fraction of sp³-hybridized carbons (Fsp3) is 0.273. The van der Waals surface area contributed by atoms with Crippen LogP contribution >= 0.6 is 0 Å². The fourth-order valence-corrected chi connectivity index (χ4v) is 2.24. The molecule has 18 heavy (non-hydrogen) atoms. The van der Waals surface area contributed by atoms with Crippen LogP contribution in [0.15, 0.2) is 23.0 Å². The lowest BCUT2D eigenvalue weighted by molar-refractivity contribution is -0.384. The van der Waals surface area contributed by atoms with E-state index in [2.05, 4.69) is 4.98 Å². The van der Waals surface area contributed by atoms with Gasteiger partial charge in [-0.25, -0.2) is 4.98 Å². The molecule has 0 bridgehead atoms. The second-order valence-corrected chi connectivity index (χ2v) is 4.28. The fourth-order valence-electron chi connectivity index (χ4n) is 2.24. The Morgan fingerprint density at radius 1 is 1.50 bits per heavy atom. The van der Waals surface area contributed by atoms with E-state index < -0.39 is 4.92 Å². The molecule has 0 unspecified atom stereocenters. The predicted octanol–water partition coefficient (Wildman–Crippen LogP) is 0.708. The summed E-state index contributed by atoms with van der Waals surface area (Å²) in [7, 11) is 0. The molecule has 7 nitrogen and oxygen atoms in total. The number of rotatable bonds is 1. The summed E-state index contributed by atoms with van der Waals surface area (Å²) in [6.07, 6.45) is 0.667. The van der Waals surface area contributed by atoms with E-state index in [9.17, 15) is 14.9 Å². The van der Waals surface area contributed by atoms with Crippen LogP contribution in [-0.4, -0.2) is 14.5 Å². The van der Waals surface area contributed by atoms with E-state index in [-0.39, 0.29) is 17.3 Å². The van der Waals surface area contributed by atoms with Crippen molar-refractivity contribution in [2.24, 2.45) is 5.73 Å². The SMILES string of the molecule is N[C@@H]1CCn2c1nc1cc([N+](=O)[O-])ccc1c2=O. The maximum Gasteiger partial charge on any atom is 0.271 e. The minimum Gasteiger partial charge on any atom is -0.321 e. The molecule has 1 aromatic heterocycles. The van der Waals surface area contributed by atoms with Crippen molar-refractivity contribution >= 4 is 16.6 Å². The van der Waals surface area contributed by atoms with Crippen molar-refractivity contribution in [3.63, 3.8) is 0 Å². The number of nitrogens with zero attached hydrogens (tertiary/aromatic N) is 3. The molecule has 1 aliphatic rings. The largest absolute Gasteiger partial charge is 0.321 e. The smallest absolute Gasteiger partial charge is 0.271 e. The molecule has 2 heterocycles. The Labute approximate surface area is 101 Å². The first-order valence-electron chi connectivity index (χ1n) is 5.52. The lowest BCUT2D eigenvalue weighted by Crippen LogP contribution is -2.22. The van der Waals surface area contributed by atoms with Crippen LogP contribution in [0.4, 0.5) is 5.69 Å². The highest BCUT2D eigenvalue weighted by molar-refractivity contribution is 5.80. The number of fused-ring (bicyclic) bond motifs is 2. The summed E-state index contributed by atoms with van der Waals surface area (Å²) < 4.78 is 1.54. The lowest BCUT2D eigenvalue weighted by Gasteiger charge is -2.06. The average molecular weight is 246 g/mol. The highest BCUT2D eigenvalue weighted by Crippen LogP contribution is 2.23. The van der Waals surface area contributed by atoms with Gasteiger partial charge in [0.25, 0.3) is 11.2 Å². The molecule has 2 N–H and O–H groups in total. The second kappa shape index (κ2) is 3.61. The minimum atomic E-state index is -0.508. The normalized spacial score (nSPS) is 17.9. The number of hydrogen-bond donors (Lipinski definition) is 1. The van der Waals surface area contributed by atoms with Gasteiger partial charge in [-0.15, -0.1) is 0 Å². The van der Waals surface area contributed by atoms with Gasteiger partial charge in [-0.05, 0) is 12.5 Å². The first-order chi connectivity index (χ1) is 8.58. The van der Waals surface area contributed by atoms with Crippen molar-refractivity contribution in [3.8, 4) is 0 Å². The molecule has 1 aliphatic heterocycles. The van der Waals surface area contributed by atoms with Gasteiger partial charge in [0.1, 0.15) is 5.82 Å². The van der Waals surface area contributed by atoms with Crippen LogP contribution < -0.4 is 11.3 Å². The van der Waals surface area contributed by atoms with Gasteiger partial charge in [0.2, 0.25) is 0 Å². The molecule has 0 radical (unpaired) electrons. The number of nitrogens with two attached hydrogens (primary N) is 1. The van der Waals surface area contributed by atoms with E-state index in [1.165, 1.54) is 18.2 Å². The van der Waals surface area contributed by atoms with Gasteiger partial charge in [-0.3, -0.25) is 19.5 Å². The molecule has 1 atom stereocenters. The molecule has 0 spiro atoms. The molecule has 0 saturated heterocycles. The van der Waals surface area contributed by atoms with E-state index in [1.807, 2.05) is 0 Å². The lowest BCUT2D eigenvalue weighted by atomic mass is 10.2. The Morgan fingerprint density at radius 2 is 2.28 bits per heavy atom. The highest BCUT2D eigenvalue weighted by Gasteiger charge is 2.23. The average Bonchev–Trinajstić information content (AvgIpc) is 2.71. The van der Waals surface area contributed by atoms with E-state index in [0.717, 1.165) is 0 Å². The topological polar surface area (TPSA) is 104 Å². The summed E-state index contributed by atoms with van der Waals surface area (Å²) in [6, 6.07) is 3.79. The zero-order chi connectivity index (χ0) is 12.9. The van der Waals surface area contributed by atoms with Gasteiger partial charge < -0.3 is 5.73 Å². The predicted molar refractivity (Wildman–Crippen MR) is 64.2 cm³/mol. The molecule has 0 aliphatic carbocycles. The molecule has 2 aromatic rings. The van der Waals surface area contributed by atoms with Crippen LogP contribution in [0.5, 0.6) is 0 Å². The third kappa shape index (κ3) is 1.41. The zero-order valence-electron chi connectivity index (χ0n) is 9.37. The summed E-state index contributed by atoms with van der Waals surface area (Å²) in [5.74, 6) is 0.507. The molecular formula is C11H10N4O3. The van der Waals surface area contributed by atoms with Crippen LogP contribution in [0.2, 0.25) is 0 Å². The first-order valence-corrected chi connectivity index (χ1v) is 5.52. The molecule has 7 heteroatoms. The van der Waals surface area contributed by atoms with Crippen molar-refractivity contribution in [1.29, 1.82) is 0 Å². The van der Waals surface area contributed by atoms with E-state index >= 15 is 0 Å². The van der Waals surface area contributed by atoms with Crippen molar-refractivity contribution in [2.75, 3.05) is 0 Å². The van der Waals surface area contributed by atoms with Crippen molar-refractivity contribution in [3.05, 3.63) is 44.5 Å². The molecule has 1 aromatic carbocycles. The van der Waals surface area contributed by atoms with Gasteiger partial charge in [-0.1, -0.05) is 0 Å². The molecular weight excluding hydrogens is 236 g/mol. The number of nitro groups is 1. The van der Waals surface area contributed by atoms with E-state index in [4.69, 9.17) is 5.73 Å². The molecule has 0 amide bonds. The molecule has 92 valence electrons. The second-order valence-electron chi connectivity index (χ2n) is 4.28. The Hall–Kier alpha value is -2.28. The van der Waals surface area contributed by atoms with Gasteiger partial charge in [0.15, 0.2) is 0 Å². The number of non-ortho nitro benzene ring substituents is 1. The summed E-state index contributed by atoms with van der Waals surface area (Å²) in [5.41, 5.74) is 5.92. The van der Waals surface area contributed by atoms with E-state index in [0.29, 0.717) is 29.7 Å². The number of nitro benzene ring substituents is 1. The van der Waals surface area contributed by atoms with Crippen LogP contribution in [0.3, 0.4) is 0 Å². The van der Waals surface area contributed by atoms with Gasteiger partial charge in [-0.2, -0.15) is 0 Å². The van der Waals surface area contributed by atoms with Crippen LogP contribution in [0.25, 0.3) is 10.9 Å². The summed E-state index contributed by atoms with van der Waals surface area (Å²) in [5, 5.41) is 11.1. The van der Waals surface area contributed by atoms with Crippen molar-refractivity contribution in [1.82, 2.24) is 9.55 Å². The quantitative estimate of drug-likeness (QED) is 0.589. The van der Waals surface area contributed by atoms with E-state index in [1.54, 1.807) is 4.57 Å². The number of benzene rings is 1.